The molecule has 0 spiro atoms. The molecule has 0 unspecified atom stereocenters. The highest BCUT2D eigenvalue weighted by molar-refractivity contribution is 9.08. The smallest absolute Gasteiger partial charge is 0.448 e. The maximum Gasteiger partial charge on any atom is 0.448 e. The first-order valence-corrected chi connectivity index (χ1v) is 5.64. The molecule has 0 saturated heterocycles. The van der Waals surface area contributed by atoms with E-state index in [0.717, 1.165) is 5.56 Å². The predicted molar refractivity (Wildman–Crippen MR) is 60.2 cm³/mol. The van der Waals surface area contributed by atoms with Gasteiger partial charge in [-0.2, -0.15) is 13.2 Å². The average Bonchev–Trinajstić information content (AvgIpc) is 2.27. The molecule has 1 rings (SSSR count). The van der Waals surface area contributed by atoms with Crippen LogP contribution in [0, 0.1) is 0 Å². The Morgan fingerprint density at radius 2 is 2.06 bits per heavy atom. The molecule has 0 atom stereocenters. The lowest BCUT2D eigenvalue weighted by molar-refractivity contribution is -0.120. The van der Waals surface area contributed by atoms with Gasteiger partial charge in [0.2, 0.25) is 5.76 Å². The Morgan fingerprint density at radius 1 is 1.41 bits per heavy atom. The Labute approximate surface area is 104 Å². The number of carbonyl (C=O) groups is 1. The monoisotopic (exact) mass is 308 g/mol. The quantitative estimate of drug-likeness (QED) is 0.399. The zero-order valence-electron chi connectivity index (χ0n) is 8.46. The van der Waals surface area contributed by atoms with Gasteiger partial charge in [0.1, 0.15) is 0 Å². The number of ketones is 1. The van der Waals surface area contributed by atoms with Crippen molar-refractivity contribution in [2.24, 2.45) is 0 Å². The number of allylic oxidation sites excluding steroid dienone is 2. The Hall–Kier alpha value is -1.30. The summed E-state index contributed by atoms with van der Waals surface area (Å²) in [5.41, 5.74) is 0.855. The molecule has 0 aromatic heterocycles. The van der Waals surface area contributed by atoms with Gasteiger partial charge in [-0.1, -0.05) is 34.1 Å². The molecular formula is C11H8BrF3O2. The van der Waals surface area contributed by atoms with Crippen LogP contribution in [-0.4, -0.2) is 17.1 Å². The van der Waals surface area contributed by atoms with Crippen LogP contribution in [0.25, 0.3) is 0 Å². The molecule has 6 heteroatoms. The molecular weight excluding hydrogens is 301 g/mol. The van der Waals surface area contributed by atoms with E-state index < -0.39 is 17.7 Å². The third-order valence-electron chi connectivity index (χ3n) is 1.92. The van der Waals surface area contributed by atoms with Crippen LogP contribution in [0.15, 0.2) is 36.1 Å². The largest absolute Gasteiger partial charge is 0.504 e. The van der Waals surface area contributed by atoms with E-state index in [1.165, 1.54) is 12.1 Å². The van der Waals surface area contributed by atoms with Crippen molar-refractivity contribution in [1.82, 2.24) is 0 Å². The van der Waals surface area contributed by atoms with Gasteiger partial charge in [-0.05, 0) is 11.6 Å². The minimum absolute atomic E-state index is 0.0951. The fourth-order valence-electron chi connectivity index (χ4n) is 1.10. The highest BCUT2D eigenvalue weighted by Gasteiger charge is 2.34. The number of alkyl halides is 4. The van der Waals surface area contributed by atoms with E-state index in [0.29, 0.717) is 5.33 Å². The van der Waals surface area contributed by atoms with E-state index in [-0.39, 0.29) is 11.6 Å². The van der Waals surface area contributed by atoms with E-state index in [9.17, 15) is 18.0 Å². The first-order chi connectivity index (χ1) is 7.84. The van der Waals surface area contributed by atoms with Crippen molar-refractivity contribution in [3.8, 4) is 0 Å². The second-order valence-corrected chi connectivity index (χ2v) is 3.79. The van der Waals surface area contributed by atoms with E-state index >= 15 is 0 Å². The number of aliphatic hydroxyl groups is 1. The third-order valence-corrected chi connectivity index (χ3v) is 2.57. The van der Waals surface area contributed by atoms with Crippen LogP contribution >= 0.6 is 15.9 Å². The summed E-state index contributed by atoms with van der Waals surface area (Å²) >= 11 is 3.17. The van der Waals surface area contributed by atoms with Crippen LogP contribution in [0.3, 0.4) is 0 Å². The standard InChI is InChI=1S/C11H8BrF3O2/c12-6-7-2-1-3-8(4-7)9(16)5-10(17)11(13,14)15/h1-5,17H,6H2/b10-5+. The summed E-state index contributed by atoms with van der Waals surface area (Å²) in [6.45, 7) is 0. The van der Waals surface area contributed by atoms with Gasteiger partial charge < -0.3 is 5.11 Å². The van der Waals surface area contributed by atoms with Crippen molar-refractivity contribution in [1.29, 1.82) is 0 Å². The van der Waals surface area contributed by atoms with E-state index in [1.807, 2.05) is 0 Å². The second-order valence-electron chi connectivity index (χ2n) is 3.23. The molecule has 0 aliphatic rings. The van der Waals surface area contributed by atoms with Gasteiger partial charge >= 0.3 is 6.18 Å². The van der Waals surface area contributed by atoms with Crippen molar-refractivity contribution in [3.05, 3.63) is 47.2 Å². The molecule has 0 heterocycles. The number of hydrogen-bond acceptors (Lipinski definition) is 2. The number of aliphatic hydroxyl groups excluding tert-OH is 1. The molecule has 0 radical (unpaired) electrons. The number of rotatable bonds is 3. The van der Waals surface area contributed by atoms with E-state index in [4.69, 9.17) is 5.11 Å². The van der Waals surface area contributed by atoms with Crippen molar-refractivity contribution < 1.29 is 23.1 Å². The summed E-state index contributed by atoms with van der Waals surface area (Å²) in [5.74, 6) is -2.78. The molecule has 92 valence electrons. The SMILES string of the molecule is O=C(/C=C(/O)C(F)(F)F)c1cccc(CBr)c1. The number of hydrogen-bond donors (Lipinski definition) is 1. The zero-order chi connectivity index (χ0) is 13.1. The molecule has 1 aromatic rings. The van der Waals surface area contributed by atoms with Crippen LogP contribution in [0.5, 0.6) is 0 Å². The molecule has 17 heavy (non-hydrogen) atoms. The van der Waals surface area contributed by atoms with Crippen molar-refractivity contribution in [3.63, 3.8) is 0 Å². The molecule has 1 N–H and O–H groups in total. The van der Waals surface area contributed by atoms with Gasteiger partial charge in [-0.3, -0.25) is 4.79 Å². The predicted octanol–water partition coefficient (Wildman–Crippen LogP) is 3.77. The van der Waals surface area contributed by atoms with Gasteiger partial charge in [-0.25, -0.2) is 0 Å². The highest BCUT2D eigenvalue weighted by atomic mass is 79.9. The molecule has 2 nitrogen and oxygen atoms in total. The Kier molecular flexibility index (Phi) is 4.34. The average molecular weight is 309 g/mol. The minimum Gasteiger partial charge on any atom is -0.504 e. The fraction of sp³-hybridized carbons (Fsp3) is 0.182. The summed E-state index contributed by atoms with van der Waals surface area (Å²) in [4.78, 5) is 11.4. The summed E-state index contributed by atoms with van der Waals surface area (Å²) in [6.07, 6.45) is -4.73. The van der Waals surface area contributed by atoms with Crippen molar-refractivity contribution in [2.75, 3.05) is 0 Å². The molecule has 0 aliphatic heterocycles. The Morgan fingerprint density at radius 3 is 2.59 bits per heavy atom. The normalized spacial score (nSPS) is 12.6. The summed E-state index contributed by atoms with van der Waals surface area (Å²) in [6, 6.07) is 6.12. The third kappa shape index (κ3) is 3.89. The maximum absolute atomic E-state index is 12.0. The van der Waals surface area contributed by atoms with Crippen LogP contribution in [0.2, 0.25) is 0 Å². The van der Waals surface area contributed by atoms with Gasteiger partial charge in [-0.15, -0.1) is 0 Å². The summed E-state index contributed by atoms with van der Waals surface area (Å²) < 4.78 is 36.0. The van der Waals surface area contributed by atoms with Gasteiger partial charge in [0.15, 0.2) is 5.78 Å². The van der Waals surface area contributed by atoms with Crippen molar-refractivity contribution >= 4 is 21.7 Å². The molecule has 0 fully saturated rings. The minimum atomic E-state index is -4.90. The molecule has 0 amide bonds. The number of carbonyl (C=O) groups excluding carboxylic acids is 1. The van der Waals surface area contributed by atoms with Gasteiger partial charge in [0.25, 0.3) is 0 Å². The number of benzene rings is 1. The van der Waals surface area contributed by atoms with E-state index in [1.54, 1.807) is 12.1 Å². The molecule has 0 saturated carbocycles. The van der Waals surface area contributed by atoms with Crippen LogP contribution in [-0.2, 0) is 5.33 Å². The summed E-state index contributed by atoms with van der Waals surface area (Å²) in [5, 5.41) is 9.14. The number of halogens is 4. The molecule has 0 aliphatic carbocycles. The van der Waals surface area contributed by atoms with E-state index in [2.05, 4.69) is 15.9 Å². The maximum atomic E-state index is 12.0. The fourth-order valence-corrected chi connectivity index (χ4v) is 1.45. The lowest BCUT2D eigenvalue weighted by atomic mass is 10.1. The lowest BCUT2D eigenvalue weighted by Gasteiger charge is -2.04. The zero-order valence-corrected chi connectivity index (χ0v) is 10.0. The molecule has 1 aromatic carbocycles. The summed E-state index contributed by atoms with van der Waals surface area (Å²) in [7, 11) is 0. The van der Waals surface area contributed by atoms with Crippen LogP contribution in [0.1, 0.15) is 15.9 Å². The second kappa shape index (κ2) is 5.35. The van der Waals surface area contributed by atoms with Crippen LogP contribution in [0.4, 0.5) is 13.2 Å². The molecule has 0 bridgehead atoms. The lowest BCUT2D eigenvalue weighted by Crippen LogP contribution is -2.13. The Balaban J connectivity index is 2.98. The first kappa shape index (κ1) is 13.8. The highest BCUT2D eigenvalue weighted by Crippen LogP contribution is 2.23. The Bertz CT molecular complexity index is 452. The topological polar surface area (TPSA) is 37.3 Å². The first-order valence-electron chi connectivity index (χ1n) is 4.51. The van der Waals surface area contributed by atoms with Gasteiger partial charge in [0, 0.05) is 17.0 Å². The van der Waals surface area contributed by atoms with Crippen LogP contribution < -0.4 is 0 Å². The van der Waals surface area contributed by atoms with Gasteiger partial charge in [0.05, 0.1) is 0 Å². The van der Waals surface area contributed by atoms with Crippen molar-refractivity contribution in [2.45, 2.75) is 11.5 Å².